The van der Waals surface area contributed by atoms with Gasteiger partial charge in [0.25, 0.3) is 17.2 Å². The van der Waals surface area contributed by atoms with Crippen LogP contribution in [0.15, 0.2) is 72.8 Å². The maximum atomic E-state index is 13.4. The Kier molecular flexibility index (Phi) is 8.53. The lowest BCUT2D eigenvalue weighted by molar-refractivity contribution is -0.181. The number of anilines is 1. The predicted molar refractivity (Wildman–Crippen MR) is 134 cm³/mol. The van der Waals surface area contributed by atoms with Crippen LogP contribution in [0.3, 0.4) is 0 Å². The Morgan fingerprint density at radius 2 is 1.88 bits per heavy atom. The molecule has 2 unspecified atom stereocenters. The molecular weight excluding hydrogens is 452 g/mol. The number of benzene rings is 3. The number of hydrogen-bond acceptors (Lipinski definition) is 4. The van der Waals surface area contributed by atoms with Gasteiger partial charge < -0.3 is 5.73 Å². The van der Waals surface area contributed by atoms with Crippen LogP contribution in [-0.4, -0.2) is 32.7 Å². The number of hydroxylamine groups is 2. The minimum Gasteiger partial charge on any atom is -0.384 e. The lowest BCUT2D eigenvalue weighted by Gasteiger charge is -2.25. The van der Waals surface area contributed by atoms with Gasteiger partial charge >= 0.3 is 0 Å². The van der Waals surface area contributed by atoms with Gasteiger partial charge in [0.05, 0.1) is 25.3 Å². The zero-order valence-electron chi connectivity index (χ0n) is 19.0. The van der Waals surface area contributed by atoms with Crippen molar-refractivity contribution < 1.29 is 18.4 Å². The van der Waals surface area contributed by atoms with Crippen molar-refractivity contribution in [3.05, 3.63) is 89.5 Å². The van der Waals surface area contributed by atoms with Crippen LogP contribution in [-0.2, 0) is 27.4 Å². The molecule has 0 radical (unpaired) electrons. The topological polar surface area (TPSA) is 129 Å². The zero-order valence-corrected chi connectivity index (χ0v) is 19.8. The summed E-state index contributed by atoms with van der Waals surface area (Å²) in [5, 5.41) is 8.90. The number of hydrogen-bond donors (Lipinski definition) is 4. The summed E-state index contributed by atoms with van der Waals surface area (Å²) in [6.45, 7) is 2.08. The van der Waals surface area contributed by atoms with Gasteiger partial charge in [0, 0.05) is 11.1 Å². The Balaban J connectivity index is 1.91. The molecule has 0 aliphatic carbocycles. The third-order valence-electron chi connectivity index (χ3n) is 5.46. The Hall–Kier alpha value is -3.53. The van der Waals surface area contributed by atoms with Crippen molar-refractivity contribution >= 4 is 28.7 Å². The summed E-state index contributed by atoms with van der Waals surface area (Å²) in [7, 11) is 1.43. The predicted octanol–water partition coefficient (Wildman–Crippen LogP) is 4.27. The maximum absolute atomic E-state index is 13.4. The summed E-state index contributed by atoms with van der Waals surface area (Å²) in [6, 6.07) is 22.0. The molecule has 5 N–H and O–H groups in total. The molecule has 8 nitrogen and oxygen atoms in total. The molecule has 34 heavy (non-hydrogen) atoms. The van der Waals surface area contributed by atoms with E-state index in [1.165, 1.54) is 12.2 Å². The second kappa shape index (κ2) is 11.6. The first-order valence-electron chi connectivity index (χ1n) is 10.7. The number of nitrogens with zero attached hydrogens (tertiary/aromatic N) is 1. The Morgan fingerprint density at radius 3 is 2.50 bits per heavy atom. The largest absolute Gasteiger partial charge is 0.384 e. The summed E-state index contributed by atoms with van der Waals surface area (Å²) in [6.07, 6.45) is 0.499. The third-order valence-corrected chi connectivity index (χ3v) is 5.86. The Labute approximate surface area is 201 Å². The van der Waals surface area contributed by atoms with Gasteiger partial charge in [0.2, 0.25) is 0 Å². The number of carbonyl (C=O) groups is 1. The van der Waals surface area contributed by atoms with E-state index < -0.39 is 17.2 Å². The average molecular weight is 481 g/mol. The highest BCUT2D eigenvalue weighted by molar-refractivity contribution is 7.80. The van der Waals surface area contributed by atoms with E-state index in [0.29, 0.717) is 23.2 Å². The molecule has 0 aliphatic rings. The number of amidine groups is 1. The minimum atomic E-state index is -2.28. The standard InChI is InChI=1S/C25H28N4O4S/c1-3-21(25(30)29(33-2)16-17-8-7-11-20(14-17)24(26)27)19-12-13-22(18-9-5-4-6-10-18)23(15-19)28-34(31)32/h4-15,21,28H,3,16H2,1-2H3,(H3,26,27)(H,31,32). The molecule has 3 aromatic rings. The smallest absolute Gasteiger partial charge is 0.259 e. The lowest BCUT2D eigenvalue weighted by Crippen LogP contribution is -2.34. The van der Waals surface area contributed by atoms with Gasteiger partial charge in [-0.05, 0) is 35.2 Å². The molecule has 3 rings (SSSR count). The van der Waals surface area contributed by atoms with E-state index >= 15 is 0 Å². The number of carbonyl (C=O) groups excluding carboxylic acids is 1. The summed E-state index contributed by atoms with van der Waals surface area (Å²) < 4.78 is 23.6. The number of amides is 1. The summed E-state index contributed by atoms with van der Waals surface area (Å²) in [5.41, 5.74) is 9.70. The second-order valence-electron chi connectivity index (χ2n) is 7.65. The molecule has 0 spiro atoms. The molecule has 9 heteroatoms. The van der Waals surface area contributed by atoms with Crippen molar-refractivity contribution in [3.8, 4) is 11.1 Å². The van der Waals surface area contributed by atoms with Gasteiger partial charge in [-0.25, -0.2) is 9.27 Å². The zero-order chi connectivity index (χ0) is 24.7. The van der Waals surface area contributed by atoms with E-state index in [2.05, 4.69) is 4.72 Å². The van der Waals surface area contributed by atoms with Crippen LogP contribution in [0.5, 0.6) is 0 Å². The quantitative estimate of drug-likeness (QED) is 0.149. The molecule has 0 saturated heterocycles. The summed E-state index contributed by atoms with van der Waals surface area (Å²) >= 11 is -2.28. The first-order chi connectivity index (χ1) is 16.3. The van der Waals surface area contributed by atoms with Gasteiger partial charge in [0.15, 0.2) is 0 Å². The summed E-state index contributed by atoms with van der Waals surface area (Å²) in [4.78, 5) is 18.8. The molecule has 0 heterocycles. The Morgan fingerprint density at radius 1 is 1.15 bits per heavy atom. The van der Waals surface area contributed by atoms with Crippen LogP contribution in [0, 0.1) is 5.41 Å². The molecule has 1 amide bonds. The maximum Gasteiger partial charge on any atom is 0.259 e. The van der Waals surface area contributed by atoms with Gasteiger partial charge in [-0.3, -0.25) is 24.3 Å². The fourth-order valence-electron chi connectivity index (χ4n) is 3.79. The number of nitrogens with two attached hydrogens (primary N) is 1. The van der Waals surface area contributed by atoms with Gasteiger partial charge in [-0.1, -0.05) is 67.6 Å². The van der Waals surface area contributed by atoms with Crippen LogP contribution < -0.4 is 10.5 Å². The van der Waals surface area contributed by atoms with Crippen molar-refractivity contribution in [2.45, 2.75) is 25.8 Å². The highest BCUT2D eigenvalue weighted by Gasteiger charge is 2.26. The van der Waals surface area contributed by atoms with Crippen molar-refractivity contribution in [3.63, 3.8) is 0 Å². The fourth-order valence-corrected chi connectivity index (χ4v) is 4.15. The molecule has 3 aromatic carbocycles. The van der Waals surface area contributed by atoms with E-state index in [-0.39, 0.29) is 18.3 Å². The molecular formula is C25H28N4O4S. The van der Waals surface area contributed by atoms with Crippen LogP contribution >= 0.6 is 0 Å². The molecule has 0 fully saturated rings. The SMILES string of the molecule is CCC(C(=O)N(Cc1cccc(C(=N)N)c1)OC)c1ccc(-c2ccccc2)c(NS(=O)O)c1. The normalized spacial score (nSPS) is 12.6. The number of nitrogen functional groups attached to an aromatic ring is 1. The van der Waals surface area contributed by atoms with Crippen molar-refractivity contribution in [1.82, 2.24) is 5.06 Å². The highest BCUT2D eigenvalue weighted by Crippen LogP contribution is 2.33. The monoisotopic (exact) mass is 480 g/mol. The first kappa shape index (κ1) is 25.1. The molecule has 0 bridgehead atoms. The van der Waals surface area contributed by atoms with Crippen LogP contribution in [0.1, 0.15) is 36.0 Å². The van der Waals surface area contributed by atoms with Crippen LogP contribution in [0.4, 0.5) is 5.69 Å². The van der Waals surface area contributed by atoms with E-state index in [1.54, 1.807) is 24.3 Å². The molecule has 178 valence electrons. The van der Waals surface area contributed by atoms with Crippen LogP contribution in [0.25, 0.3) is 11.1 Å². The average Bonchev–Trinajstić information content (AvgIpc) is 2.83. The first-order valence-corrected chi connectivity index (χ1v) is 11.8. The molecule has 0 aliphatic heterocycles. The number of rotatable bonds is 10. The number of nitrogens with one attached hydrogen (secondary N) is 2. The Bertz CT molecular complexity index is 1190. The minimum absolute atomic E-state index is 0.0524. The molecule has 2 atom stereocenters. The van der Waals surface area contributed by atoms with Gasteiger partial charge in [-0.15, -0.1) is 0 Å². The third kappa shape index (κ3) is 6.07. The second-order valence-corrected chi connectivity index (χ2v) is 8.36. The van der Waals surface area contributed by atoms with Gasteiger partial charge in [-0.2, -0.15) is 0 Å². The fraction of sp³-hybridized carbons (Fsp3) is 0.200. The van der Waals surface area contributed by atoms with Crippen molar-refractivity contribution in [2.75, 3.05) is 11.8 Å². The van der Waals surface area contributed by atoms with Crippen molar-refractivity contribution in [1.29, 1.82) is 5.41 Å². The molecule has 0 aromatic heterocycles. The van der Waals surface area contributed by atoms with E-state index in [4.69, 9.17) is 16.0 Å². The van der Waals surface area contributed by atoms with E-state index in [9.17, 15) is 13.6 Å². The van der Waals surface area contributed by atoms with E-state index in [0.717, 1.165) is 16.7 Å². The molecule has 0 saturated carbocycles. The van der Waals surface area contributed by atoms with Crippen LogP contribution in [0.2, 0.25) is 0 Å². The lowest BCUT2D eigenvalue weighted by atomic mass is 9.92. The highest BCUT2D eigenvalue weighted by atomic mass is 32.2. The summed E-state index contributed by atoms with van der Waals surface area (Å²) in [5.74, 6) is -0.835. The van der Waals surface area contributed by atoms with Gasteiger partial charge in [0.1, 0.15) is 5.84 Å². The van der Waals surface area contributed by atoms with E-state index in [1.807, 2.05) is 55.5 Å². The van der Waals surface area contributed by atoms with Crippen molar-refractivity contribution in [2.24, 2.45) is 5.73 Å².